The van der Waals surface area contributed by atoms with Crippen molar-refractivity contribution in [1.82, 2.24) is 14.9 Å². The molecule has 0 unspecified atom stereocenters. The average molecular weight is 531 g/mol. The number of ether oxygens (including phenoxy) is 2. The summed E-state index contributed by atoms with van der Waals surface area (Å²) in [5, 5.41) is 5.84. The van der Waals surface area contributed by atoms with Crippen LogP contribution in [0.25, 0.3) is 11.3 Å². The second-order valence-corrected chi connectivity index (χ2v) is 10.4. The van der Waals surface area contributed by atoms with E-state index in [1.54, 1.807) is 39.0 Å². The minimum Gasteiger partial charge on any atom is -0.444 e. The largest absolute Gasteiger partial charge is 0.444 e. The van der Waals surface area contributed by atoms with E-state index in [-0.39, 0.29) is 31.5 Å². The molecule has 2 aliphatic heterocycles. The van der Waals surface area contributed by atoms with Gasteiger partial charge in [0.05, 0.1) is 24.8 Å². The fourth-order valence-electron chi connectivity index (χ4n) is 3.84. The zero-order valence-electron chi connectivity index (χ0n) is 21.0. The summed E-state index contributed by atoms with van der Waals surface area (Å²) >= 11 is 6.42. The molecule has 1 fully saturated rings. The lowest BCUT2D eigenvalue weighted by Gasteiger charge is -2.38. The summed E-state index contributed by atoms with van der Waals surface area (Å²) in [6.45, 7) is 5.86. The number of halogens is 1. The molecule has 1 aromatic carbocycles. The SMILES string of the molecule is CC(C)(C)OC(=O)N1CC(OC(=O)Nc2ccc3c(c2)NC(=O)CC/C=C\C[C@H](N)c2nc-3c(Cl)[nH]2)C1. The first-order chi connectivity index (χ1) is 17.5. The number of fused-ring (bicyclic) bond motifs is 4. The van der Waals surface area contributed by atoms with Gasteiger partial charge in [0.15, 0.2) is 0 Å². The Labute approximate surface area is 219 Å². The van der Waals surface area contributed by atoms with Crippen LogP contribution in [0.1, 0.15) is 51.9 Å². The van der Waals surface area contributed by atoms with Crippen molar-refractivity contribution in [1.29, 1.82) is 0 Å². The zero-order chi connectivity index (χ0) is 26.7. The van der Waals surface area contributed by atoms with Crippen LogP contribution in [0.5, 0.6) is 0 Å². The van der Waals surface area contributed by atoms with E-state index in [2.05, 4.69) is 20.6 Å². The van der Waals surface area contributed by atoms with Gasteiger partial charge in [-0.1, -0.05) is 23.8 Å². The second-order valence-electron chi connectivity index (χ2n) is 9.98. The van der Waals surface area contributed by atoms with Crippen molar-refractivity contribution in [3.63, 3.8) is 0 Å². The summed E-state index contributed by atoms with van der Waals surface area (Å²) in [5.41, 5.74) is 7.48. The van der Waals surface area contributed by atoms with Gasteiger partial charge < -0.3 is 30.4 Å². The van der Waals surface area contributed by atoms with E-state index in [4.69, 9.17) is 26.8 Å². The number of nitrogens with one attached hydrogen (secondary N) is 3. The van der Waals surface area contributed by atoms with Gasteiger partial charge in [0.25, 0.3) is 0 Å². The number of rotatable bonds is 2. The van der Waals surface area contributed by atoms with E-state index in [1.807, 2.05) is 12.2 Å². The number of carbonyl (C=O) groups excluding carboxylic acids is 3. The van der Waals surface area contributed by atoms with Crippen molar-refractivity contribution in [2.75, 3.05) is 23.7 Å². The number of nitrogens with zero attached hydrogens (tertiary/aromatic N) is 2. The summed E-state index contributed by atoms with van der Waals surface area (Å²) < 4.78 is 10.7. The number of aromatic nitrogens is 2. The number of anilines is 2. The van der Waals surface area contributed by atoms with Crippen molar-refractivity contribution in [3.05, 3.63) is 41.3 Å². The molecule has 198 valence electrons. The molecule has 0 radical (unpaired) electrons. The number of H-pyrrole nitrogens is 1. The quantitative estimate of drug-likeness (QED) is 0.415. The first-order valence-electron chi connectivity index (χ1n) is 12.0. The molecular formula is C25H31ClN6O5. The molecule has 2 bridgehead atoms. The normalized spacial score (nSPS) is 19.2. The molecule has 3 amide bonds. The predicted molar refractivity (Wildman–Crippen MR) is 139 cm³/mol. The summed E-state index contributed by atoms with van der Waals surface area (Å²) in [6, 6.07) is 4.60. The minimum absolute atomic E-state index is 0.197. The Morgan fingerprint density at radius 1 is 1.24 bits per heavy atom. The van der Waals surface area contributed by atoms with Gasteiger partial charge in [-0.15, -0.1) is 0 Å². The third-order valence-corrected chi connectivity index (χ3v) is 5.97. The lowest BCUT2D eigenvalue weighted by Crippen LogP contribution is -2.56. The fourth-order valence-corrected chi connectivity index (χ4v) is 4.08. The van der Waals surface area contributed by atoms with Crippen LogP contribution in [0.4, 0.5) is 21.0 Å². The van der Waals surface area contributed by atoms with Crippen LogP contribution in [-0.2, 0) is 14.3 Å². The van der Waals surface area contributed by atoms with E-state index in [0.29, 0.717) is 46.5 Å². The molecule has 37 heavy (non-hydrogen) atoms. The maximum absolute atomic E-state index is 12.6. The number of hydrogen-bond donors (Lipinski definition) is 4. The van der Waals surface area contributed by atoms with Crippen LogP contribution >= 0.6 is 11.6 Å². The van der Waals surface area contributed by atoms with Crippen LogP contribution in [0.15, 0.2) is 30.4 Å². The van der Waals surface area contributed by atoms with E-state index >= 15 is 0 Å². The molecule has 0 saturated carbocycles. The number of hydrogen-bond acceptors (Lipinski definition) is 7. The van der Waals surface area contributed by atoms with Gasteiger partial charge in [0, 0.05) is 17.7 Å². The lowest BCUT2D eigenvalue weighted by atomic mass is 10.1. The zero-order valence-corrected chi connectivity index (χ0v) is 21.7. The summed E-state index contributed by atoms with van der Waals surface area (Å²) in [6.07, 6.45) is 3.64. The highest BCUT2D eigenvalue weighted by Gasteiger charge is 2.36. The van der Waals surface area contributed by atoms with Crippen molar-refractivity contribution in [2.45, 2.75) is 57.8 Å². The van der Waals surface area contributed by atoms with Crippen LogP contribution in [-0.4, -0.2) is 57.8 Å². The molecule has 0 aliphatic carbocycles. The average Bonchev–Trinajstić information content (AvgIpc) is 3.15. The van der Waals surface area contributed by atoms with Crippen molar-refractivity contribution in [3.8, 4) is 11.3 Å². The second kappa shape index (κ2) is 10.8. The molecule has 0 spiro atoms. The number of carbonyl (C=O) groups is 3. The van der Waals surface area contributed by atoms with Crippen molar-refractivity contribution < 1.29 is 23.9 Å². The molecule has 1 saturated heterocycles. The van der Waals surface area contributed by atoms with Gasteiger partial charge in [-0.2, -0.15) is 0 Å². The first kappa shape index (κ1) is 26.5. The highest BCUT2D eigenvalue weighted by molar-refractivity contribution is 6.32. The van der Waals surface area contributed by atoms with E-state index < -0.39 is 23.9 Å². The van der Waals surface area contributed by atoms with Gasteiger partial charge in [-0.05, 0) is 51.8 Å². The first-order valence-corrected chi connectivity index (χ1v) is 12.4. The number of nitrogens with two attached hydrogens (primary N) is 1. The van der Waals surface area contributed by atoms with Crippen LogP contribution < -0.4 is 16.4 Å². The topological polar surface area (TPSA) is 152 Å². The Bertz CT molecular complexity index is 1210. The summed E-state index contributed by atoms with van der Waals surface area (Å²) in [4.78, 5) is 46.1. The minimum atomic E-state index is -0.680. The predicted octanol–water partition coefficient (Wildman–Crippen LogP) is 4.58. The Balaban J connectivity index is 1.45. The standard InChI is InChI=1S/C25H31ClN6O5/c1-25(2,3)37-24(35)32-12-15(13-32)36-23(34)28-14-9-10-16-18(11-14)29-19(33)8-6-4-5-7-17(27)22-30-20(16)21(26)31-22/h4-5,9-11,15,17H,6-8,12-13,27H2,1-3H3,(H,28,34)(H,29,33)(H,30,31)/b5-4-/t17-/m0/s1. The van der Waals surface area contributed by atoms with Gasteiger partial charge in [0.1, 0.15) is 28.4 Å². The molecule has 4 rings (SSSR count). The molecule has 5 N–H and O–H groups in total. The number of amides is 3. The van der Waals surface area contributed by atoms with Gasteiger partial charge in [0.2, 0.25) is 5.91 Å². The highest BCUT2D eigenvalue weighted by Crippen LogP contribution is 2.35. The number of aromatic amines is 1. The Kier molecular flexibility index (Phi) is 7.74. The highest BCUT2D eigenvalue weighted by atomic mass is 35.5. The Morgan fingerprint density at radius 2 is 2.00 bits per heavy atom. The molecule has 12 heteroatoms. The molecule has 1 aromatic heterocycles. The molecule has 11 nitrogen and oxygen atoms in total. The molecule has 1 atom stereocenters. The third-order valence-electron chi connectivity index (χ3n) is 5.69. The van der Waals surface area contributed by atoms with Crippen molar-refractivity contribution in [2.24, 2.45) is 5.73 Å². The number of likely N-dealkylation sites (tertiary alicyclic amines) is 1. The molecular weight excluding hydrogens is 500 g/mol. The number of benzene rings is 1. The summed E-state index contributed by atoms with van der Waals surface area (Å²) in [5.74, 6) is 0.339. The fraction of sp³-hybridized carbons (Fsp3) is 0.440. The van der Waals surface area contributed by atoms with Gasteiger partial charge in [-0.3, -0.25) is 10.1 Å². The Morgan fingerprint density at radius 3 is 2.73 bits per heavy atom. The Hall–Kier alpha value is -3.57. The number of allylic oxidation sites excluding steroid dienone is 1. The molecule has 3 heterocycles. The maximum atomic E-state index is 12.6. The van der Waals surface area contributed by atoms with E-state index in [9.17, 15) is 14.4 Å². The molecule has 2 aliphatic rings. The van der Waals surface area contributed by atoms with Gasteiger partial charge >= 0.3 is 12.2 Å². The smallest absolute Gasteiger partial charge is 0.412 e. The maximum Gasteiger partial charge on any atom is 0.412 e. The van der Waals surface area contributed by atoms with E-state index in [1.165, 1.54) is 4.90 Å². The summed E-state index contributed by atoms with van der Waals surface area (Å²) in [7, 11) is 0. The van der Waals surface area contributed by atoms with Gasteiger partial charge in [-0.25, -0.2) is 14.6 Å². The van der Waals surface area contributed by atoms with Crippen molar-refractivity contribution >= 4 is 41.1 Å². The van der Waals surface area contributed by atoms with E-state index in [0.717, 1.165) is 0 Å². The monoisotopic (exact) mass is 530 g/mol. The third kappa shape index (κ3) is 6.80. The van der Waals surface area contributed by atoms with Crippen LogP contribution in [0, 0.1) is 0 Å². The number of imidazole rings is 1. The molecule has 2 aromatic rings. The lowest BCUT2D eigenvalue weighted by molar-refractivity contribution is -0.116. The van der Waals surface area contributed by atoms with Crippen LogP contribution in [0.2, 0.25) is 5.15 Å². The van der Waals surface area contributed by atoms with Crippen LogP contribution in [0.3, 0.4) is 0 Å².